The number of benzene rings is 1. The van der Waals surface area contributed by atoms with E-state index in [0.717, 1.165) is 36.0 Å². The second-order valence-electron chi connectivity index (χ2n) is 7.90. The first-order chi connectivity index (χ1) is 16.9. The summed E-state index contributed by atoms with van der Waals surface area (Å²) >= 11 is -2.14. The third-order valence-corrected chi connectivity index (χ3v) is 9.12. The summed E-state index contributed by atoms with van der Waals surface area (Å²) in [6, 6.07) is 5.53. The van der Waals surface area contributed by atoms with Gasteiger partial charge < -0.3 is 20.1 Å². The number of aromatic nitrogens is 2. The Bertz CT molecular complexity index is 1250. The number of amides is 1. The van der Waals surface area contributed by atoms with E-state index in [-0.39, 0.29) is 23.4 Å². The number of aromatic hydroxyl groups is 1. The number of anilines is 3. The van der Waals surface area contributed by atoms with E-state index in [1.54, 1.807) is 23.1 Å². The number of carbonyl (C=O) groups excluding carboxylic acids is 1. The molecule has 186 valence electrons. The van der Waals surface area contributed by atoms with Gasteiger partial charge in [-0.3, -0.25) is 15.6 Å². The van der Waals surface area contributed by atoms with Gasteiger partial charge in [0.2, 0.25) is 5.95 Å². The van der Waals surface area contributed by atoms with Crippen LogP contribution in [0.4, 0.5) is 21.8 Å². The number of nitrogens with one attached hydrogen (secondary N) is 3. The lowest BCUT2D eigenvalue weighted by atomic mass is 10.1. The first-order valence-corrected chi connectivity index (χ1v) is 15.0. The zero-order valence-electron chi connectivity index (χ0n) is 19.4. The van der Waals surface area contributed by atoms with Crippen LogP contribution in [0.25, 0.3) is 0 Å². The van der Waals surface area contributed by atoms with Crippen molar-refractivity contribution in [2.75, 3.05) is 41.9 Å². The molecule has 4 N–H and O–H groups in total. The van der Waals surface area contributed by atoms with Gasteiger partial charge in [-0.2, -0.15) is 4.98 Å². The molecule has 0 spiro atoms. The number of hydrazine groups is 1. The first kappa shape index (κ1) is 24.9. The van der Waals surface area contributed by atoms with E-state index in [2.05, 4.69) is 37.6 Å². The molecule has 0 radical (unpaired) electrons. The van der Waals surface area contributed by atoms with E-state index in [1.807, 2.05) is 16.2 Å². The summed E-state index contributed by atoms with van der Waals surface area (Å²) in [5.74, 6) is -0.338. The smallest absolute Gasteiger partial charge is 0.275 e. The summed E-state index contributed by atoms with van der Waals surface area (Å²) in [5.41, 5.74) is 7.77. The van der Waals surface area contributed by atoms with Crippen LogP contribution in [0.15, 0.2) is 46.3 Å². The third kappa shape index (κ3) is 6.28. The van der Waals surface area contributed by atoms with Crippen molar-refractivity contribution in [3.8, 4) is 5.75 Å². The van der Waals surface area contributed by atoms with Crippen LogP contribution in [-0.4, -0.2) is 55.3 Å². The summed E-state index contributed by atoms with van der Waals surface area (Å²) in [4.78, 5) is 22.6. The maximum Gasteiger partial charge on any atom is 0.275 e. The molecule has 4 rings (SSSR count). The van der Waals surface area contributed by atoms with Gasteiger partial charge in [-0.25, -0.2) is 9.37 Å². The van der Waals surface area contributed by atoms with E-state index < -0.39 is 24.7 Å². The summed E-state index contributed by atoms with van der Waals surface area (Å²) in [5, 5.41) is 13.5. The number of carbonyl (C=O) groups is 1. The van der Waals surface area contributed by atoms with Crippen molar-refractivity contribution in [2.24, 2.45) is 0 Å². The van der Waals surface area contributed by atoms with Gasteiger partial charge in [-0.05, 0) is 34.3 Å². The molecule has 1 saturated heterocycles. The van der Waals surface area contributed by atoms with Crippen molar-refractivity contribution in [1.82, 2.24) is 15.4 Å². The lowest BCUT2D eigenvalue weighted by Crippen LogP contribution is -2.38. The highest BCUT2D eigenvalue weighted by Gasteiger charge is 2.18. The maximum absolute atomic E-state index is 14.2. The van der Waals surface area contributed by atoms with E-state index >= 15 is 0 Å². The summed E-state index contributed by atoms with van der Waals surface area (Å²) in [7, 11) is 0. The second kappa shape index (κ2) is 11.5. The molecule has 1 fully saturated rings. The summed E-state index contributed by atoms with van der Waals surface area (Å²) in [6.07, 6.45) is 6.40. The van der Waals surface area contributed by atoms with Gasteiger partial charge in [0.25, 0.3) is 5.91 Å². The van der Waals surface area contributed by atoms with Crippen molar-refractivity contribution in [3.63, 3.8) is 0 Å². The molecule has 0 bridgehead atoms. The monoisotopic (exact) mass is 594 g/mol. The van der Waals surface area contributed by atoms with Crippen LogP contribution in [0.5, 0.6) is 5.75 Å². The highest BCUT2D eigenvalue weighted by Crippen LogP contribution is 2.27. The molecule has 2 aliphatic heterocycles. The topological polar surface area (TPSA) is 112 Å². The van der Waals surface area contributed by atoms with Crippen molar-refractivity contribution in [2.45, 2.75) is 19.8 Å². The van der Waals surface area contributed by atoms with Gasteiger partial charge in [0.1, 0.15) is 5.75 Å². The van der Waals surface area contributed by atoms with Gasteiger partial charge in [0.15, 0.2) is 11.6 Å². The molecule has 35 heavy (non-hydrogen) atoms. The van der Waals surface area contributed by atoms with E-state index in [1.165, 1.54) is 0 Å². The summed E-state index contributed by atoms with van der Waals surface area (Å²) < 4.78 is 26.3. The van der Waals surface area contributed by atoms with Gasteiger partial charge in [-0.1, -0.05) is 23.9 Å². The number of halogens is 2. The van der Waals surface area contributed by atoms with Crippen molar-refractivity contribution in [1.29, 1.82) is 0 Å². The highest BCUT2D eigenvalue weighted by molar-refractivity contribution is 14.2. The Kier molecular flexibility index (Phi) is 8.18. The molecule has 1 amide bonds. The SMILES string of the molecule is C=I1=C(C(=O)NNc2ncc(F)c(N3CCOCC3)n2)C=CC(Nc2ccc(CCC)c(O)c2)=C1. The minimum Gasteiger partial charge on any atom is -0.508 e. The van der Waals surface area contributed by atoms with Crippen LogP contribution in [0.2, 0.25) is 0 Å². The van der Waals surface area contributed by atoms with E-state index in [9.17, 15) is 14.3 Å². The number of ether oxygens (including phenoxy) is 1. The standard InChI is InChI=1S/C24H28FIN6O3/c1-3-4-16-5-6-17(13-21(16)33)28-18-7-8-20(26(2)14-18)23(34)30-31-24-27-15-19(25)22(29-24)32-9-11-35-12-10-32/h5-8,13-15,28,33H,2-4,9-12H2,1H3,(H,30,34)(H,27,29,31). The predicted molar refractivity (Wildman–Crippen MR) is 146 cm³/mol. The van der Waals surface area contributed by atoms with Crippen LogP contribution in [-0.2, 0) is 16.0 Å². The summed E-state index contributed by atoms with van der Waals surface area (Å²) in [6.45, 7) is 4.13. The molecule has 0 atom stereocenters. The molecule has 2 aliphatic rings. The second-order valence-corrected chi connectivity index (χ2v) is 12.0. The molecule has 1 aromatic carbocycles. The number of nitrogens with zero attached hydrogens (tertiary/aromatic N) is 3. The molecule has 0 saturated carbocycles. The largest absolute Gasteiger partial charge is 0.508 e. The third-order valence-electron chi connectivity index (χ3n) is 5.35. The molecule has 3 heterocycles. The maximum atomic E-state index is 14.2. The van der Waals surface area contributed by atoms with Crippen LogP contribution < -0.4 is 21.1 Å². The number of phenolic OH excluding ortho intramolecular Hbond substituents is 1. The number of rotatable bonds is 8. The Hall–Kier alpha value is -3.19. The molecule has 0 aliphatic carbocycles. The zero-order valence-corrected chi connectivity index (χ0v) is 21.5. The van der Waals surface area contributed by atoms with Crippen molar-refractivity contribution >= 4 is 50.3 Å². The van der Waals surface area contributed by atoms with Crippen LogP contribution >= 0.6 is 18.9 Å². The Morgan fingerprint density at radius 2 is 2.11 bits per heavy atom. The Labute approximate surface area is 209 Å². The first-order valence-electron chi connectivity index (χ1n) is 11.2. The fourth-order valence-electron chi connectivity index (χ4n) is 3.61. The van der Waals surface area contributed by atoms with Gasteiger partial charge in [0, 0.05) is 30.5 Å². The molecular formula is C24H28FIN6O3. The van der Waals surface area contributed by atoms with Crippen LogP contribution in [0.3, 0.4) is 0 Å². The van der Waals surface area contributed by atoms with E-state index in [4.69, 9.17) is 4.74 Å². The van der Waals surface area contributed by atoms with Gasteiger partial charge in [-0.15, -0.1) is 18.9 Å². The minimum atomic E-state index is -2.14. The molecule has 1 aromatic heterocycles. The Morgan fingerprint density at radius 1 is 1.31 bits per heavy atom. The van der Waals surface area contributed by atoms with Crippen molar-refractivity contribution in [3.05, 3.63) is 57.7 Å². The number of aryl methyl sites for hydroxylation is 1. The Balaban J connectivity index is 1.39. The van der Waals surface area contributed by atoms with Gasteiger partial charge in [0.05, 0.1) is 22.9 Å². The normalized spacial score (nSPS) is 16.1. The number of phenols is 1. The fraction of sp³-hybridized carbons (Fsp3) is 0.292. The zero-order chi connectivity index (χ0) is 24.8. The van der Waals surface area contributed by atoms with Crippen LogP contribution in [0.1, 0.15) is 18.9 Å². The number of hydrogen-bond donors (Lipinski definition) is 4. The number of morpholine rings is 1. The fourth-order valence-corrected chi connectivity index (χ4v) is 6.53. The molecule has 11 heteroatoms. The molecule has 9 nitrogen and oxygen atoms in total. The molecule has 0 unspecified atom stereocenters. The average Bonchev–Trinajstić information content (AvgIpc) is 2.86. The predicted octanol–water partition coefficient (Wildman–Crippen LogP) is 3.19. The quantitative estimate of drug-likeness (QED) is 0.273. The lowest BCUT2D eigenvalue weighted by molar-refractivity contribution is -0.114. The van der Waals surface area contributed by atoms with Gasteiger partial charge >= 0.3 is 0 Å². The Morgan fingerprint density at radius 3 is 2.83 bits per heavy atom. The average molecular weight is 594 g/mol. The van der Waals surface area contributed by atoms with Crippen LogP contribution in [0, 0.1) is 5.82 Å². The number of hydrogen-bond acceptors (Lipinski definition) is 8. The minimum absolute atomic E-state index is 0.0928. The van der Waals surface area contributed by atoms with Crippen molar-refractivity contribution < 1.29 is 19.0 Å². The molecular weight excluding hydrogens is 566 g/mol. The lowest BCUT2D eigenvalue weighted by Gasteiger charge is -2.28. The molecule has 2 aromatic rings. The number of allylic oxidation sites excluding steroid dienone is 1. The van der Waals surface area contributed by atoms with E-state index in [0.29, 0.717) is 29.8 Å². The highest BCUT2D eigenvalue weighted by atomic mass is 127.